The van der Waals surface area contributed by atoms with Gasteiger partial charge >= 0.3 is 0 Å². The minimum atomic E-state index is -0.477. The van der Waals surface area contributed by atoms with Gasteiger partial charge in [-0.25, -0.2) is 0 Å². The summed E-state index contributed by atoms with van der Waals surface area (Å²) in [5.74, 6) is -0.477. The summed E-state index contributed by atoms with van der Waals surface area (Å²) in [6.07, 6.45) is 3.52. The number of nitrogen functional groups attached to an aromatic ring is 1. The molecule has 17 heavy (non-hydrogen) atoms. The van der Waals surface area contributed by atoms with E-state index in [1.807, 2.05) is 0 Å². The van der Waals surface area contributed by atoms with Crippen LogP contribution < -0.4 is 16.8 Å². The Hall–Kier alpha value is -1.27. The lowest BCUT2D eigenvalue weighted by molar-refractivity contribution is 0.100. The molecule has 2 unspecified atom stereocenters. The maximum atomic E-state index is 11.1. The Morgan fingerprint density at radius 2 is 2.35 bits per heavy atom. The van der Waals surface area contributed by atoms with Crippen LogP contribution in [-0.4, -0.2) is 25.2 Å². The second-order valence-electron chi connectivity index (χ2n) is 4.22. The second-order valence-corrected chi connectivity index (χ2v) is 5.27. The Kier molecular flexibility index (Phi) is 3.54. The van der Waals surface area contributed by atoms with Gasteiger partial charge in [-0.2, -0.15) is 0 Å². The highest BCUT2D eigenvalue weighted by atomic mass is 32.1. The zero-order valence-electron chi connectivity index (χ0n) is 9.73. The molecular weight excluding hydrogens is 238 g/mol. The number of hydrogen-bond donors (Lipinski definition) is 3. The first kappa shape index (κ1) is 12.2. The number of nitrogens with one attached hydrogen (secondary N) is 1. The zero-order chi connectivity index (χ0) is 12.4. The molecule has 0 aromatic carbocycles. The number of methoxy groups -OCH3 is 1. The number of hydrogen-bond acceptors (Lipinski definition) is 5. The number of nitrogens with two attached hydrogens (primary N) is 2. The number of ether oxygens (including phenoxy) is 1. The summed E-state index contributed by atoms with van der Waals surface area (Å²) in [6.45, 7) is 0. The van der Waals surface area contributed by atoms with Gasteiger partial charge in [-0.15, -0.1) is 11.3 Å². The Labute approximate surface area is 104 Å². The molecule has 6 heteroatoms. The molecule has 1 aliphatic rings. The van der Waals surface area contributed by atoms with Gasteiger partial charge in [0.25, 0.3) is 5.91 Å². The summed E-state index contributed by atoms with van der Waals surface area (Å²) >= 11 is 1.30. The van der Waals surface area contributed by atoms with Crippen LogP contribution in [0.5, 0.6) is 0 Å². The highest BCUT2D eigenvalue weighted by molar-refractivity contribution is 7.18. The van der Waals surface area contributed by atoms with Gasteiger partial charge in [0, 0.05) is 7.11 Å². The van der Waals surface area contributed by atoms with E-state index in [2.05, 4.69) is 5.32 Å². The largest absolute Gasteiger partial charge is 0.397 e. The molecule has 1 saturated carbocycles. The fourth-order valence-electron chi connectivity index (χ4n) is 2.22. The third-order valence-corrected chi connectivity index (χ3v) is 4.16. The molecule has 2 atom stereocenters. The van der Waals surface area contributed by atoms with E-state index in [9.17, 15) is 4.79 Å². The molecule has 1 aromatic heterocycles. The van der Waals surface area contributed by atoms with Crippen molar-refractivity contribution in [2.45, 2.75) is 31.4 Å². The second kappa shape index (κ2) is 4.93. The molecule has 5 nitrogen and oxygen atoms in total. The number of carbonyl (C=O) groups is 1. The fraction of sp³-hybridized carbons (Fsp3) is 0.545. The number of thiophene rings is 1. The number of carbonyl (C=O) groups excluding carboxylic acids is 1. The molecule has 94 valence electrons. The van der Waals surface area contributed by atoms with Gasteiger partial charge in [0.2, 0.25) is 0 Å². The van der Waals surface area contributed by atoms with Crippen LogP contribution in [0.4, 0.5) is 10.7 Å². The SMILES string of the molecule is COC1CCCC1Nc1cc(N)c(C(N)=O)s1. The maximum absolute atomic E-state index is 11.1. The van der Waals surface area contributed by atoms with E-state index in [1.165, 1.54) is 11.3 Å². The van der Waals surface area contributed by atoms with E-state index in [0.717, 1.165) is 24.3 Å². The van der Waals surface area contributed by atoms with Gasteiger partial charge in [0.05, 0.1) is 22.8 Å². The average Bonchev–Trinajstić information content (AvgIpc) is 2.85. The van der Waals surface area contributed by atoms with Crippen LogP contribution in [-0.2, 0) is 4.74 Å². The minimum Gasteiger partial charge on any atom is -0.397 e. The van der Waals surface area contributed by atoms with Crippen molar-refractivity contribution in [3.05, 3.63) is 10.9 Å². The summed E-state index contributed by atoms with van der Waals surface area (Å²) in [7, 11) is 1.72. The highest BCUT2D eigenvalue weighted by Gasteiger charge is 2.27. The summed E-state index contributed by atoms with van der Waals surface area (Å²) in [5, 5.41) is 4.24. The van der Waals surface area contributed by atoms with Gasteiger partial charge in [-0.1, -0.05) is 0 Å². The Balaban J connectivity index is 2.08. The van der Waals surface area contributed by atoms with Crippen molar-refractivity contribution >= 4 is 27.9 Å². The standard InChI is InChI=1S/C11H17N3O2S/c1-16-8-4-2-3-7(8)14-9-5-6(12)10(17-9)11(13)15/h5,7-8,14H,2-4,12H2,1H3,(H2,13,15). The molecule has 0 aliphatic heterocycles. The van der Waals surface area contributed by atoms with E-state index < -0.39 is 5.91 Å². The summed E-state index contributed by atoms with van der Waals surface area (Å²) in [4.78, 5) is 11.5. The number of anilines is 2. The Bertz CT molecular complexity index is 419. The summed E-state index contributed by atoms with van der Waals surface area (Å²) < 4.78 is 5.40. The van der Waals surface area contributed by atoms with Gasteiger partial charge < -0.3 is 21.5 Å². The van der Waals surface area contributed by atoms with Crippen LogP contribution in [0.25, 0.3) is 0 Å². The summed E-state index contributed by atoms with van der Waals surface area (Å²) in [5.41, 5.74) is 11.4. The molecule has 1 fully saturated rings. The first-order valence-corrected chi connectivity index (χ1v) is 6.42. The van der Waals surface area contributed by atoms with E-state index in [4.69, 9.17) is 16.2 Å². The summed E-state index contributed by atoms with van der Waals surface area (Å²) in [6, 6.07) is 2.05. The van der Waals surface area contributed by atoms with Crippen molar-refractivity contribution in [1.29, 1.82) is 0 Å². The predicted octanol–water partition coefficient (Wildman–Crippen LogP) is 1.41. The smallest absolute Gasteiger partial charge is 0.260 e. The Morgan fingerprint density at radius 3 is 2.94 bits per heavy atom. The lowest BCUT2D eigenvalue weighted by Gasteiger charge is -2.19. The van der Waals surface area contributed by atoms with Gasteiger partial charge in [-0.3, -0.25) is 4.79 Å². The molecule has 0 saturated heterocycles. The van der Waals surface area contributed by atoms with Crippen LogP contribution in [0.1, 0.15) is 28.9 Å². The molecule has 5 N–H and O–H groups in total. The maximum Gasteiger partial charge on any atom is 0.260 e. The Morgan fingerprint density at radius 1 is 1.59 bits per heavy atom. The van der Waals surface area contributed by atoms with Gasteiger partial charge in [-0.05, 0) is 25.3 Å². The molecule has 1 aliphatic carbocycles. The molecular formula is C11H17N3O2S. The highest BCUT2D eigenvalue weighted by Crippen LogP contribution is 2.32. The topological polar surface area (TPSA) is 90.4 Å². The van der Waals surface area contributed by atoms with Crippen molar-refractivity contribution in [1.82, 2.24) is 0 Å². The van der Waals surface area contributed by atoms with Gasteiger partial charge in [0.1, 0.15) is 4.88 Å². The van der Waals surface area contributed by atoms with Gasteiger partial charge in [0.15, 0.2) is 0 Å². The predicted molar refractivity (Wildman–Crippen MR) is 69.3 cm³/mol. The first-order chi connectivity index (χ1) is 8.11. The van der Waals surface area contributed by atoms with Crippen molar-refractivity contribution in [2.75, 3.05) is 18.2 Å². The third kappa shape index (κ3) is 2.53. The minimum absolute atomic E-state index is 0.232. The molecule has 2 rings (SSSR count). The monoisotopic (exact) mass is 255 g/mol. The normalized spacial score (nSPS) is 23.8. The quantitative estimate of drug-likeness (QED) is 0.758. The number of primary amides is 1. The molecule has 1 heterocycles. The molecule has 0 radical (unpaired) electrons. The van der Waals surface area contributed by atoms with Crippen molar-refractivity contribution < 1.29 is 9.53 Å². The average molecular weight is 255 g/mol. The van der Waals surface area contributed by atoms with Crippen molar-refractivity contribution in [3.8, 4) is 0 Å². The zero-order valence-corrected chi connectivity index (χ0v) is 10.5. The lowest BCUT2D eigenvalue weighted by Crippen LogP contribution is -2.29. The molecule has 0 bridgehead atoms. The number of rotatable bonds is 4. The van der Waals surface area contributed by atoms with Crippen LogP contribution in [0.2, 0.25) is 0 Å². The van der Waals surface area contributed by atoms with Crippen LogP contribution in [0.15, 0.2) is 6.07 Å². The van der Waals surface area contributed by atoms with E-state index in [-0.39, 0.29) is 6.10 Å². The van der Waals surface area contributed by atoms with E-state index in [1.54, 1.807) is 13.2 Å². The molecule has 0 spiro atoms. The number of amides is 1. The van der Waals surface area contributed by atoms with Crippen molar-refractivity contribution in [2.24, 2.45) is 5.73 Å². The lowest BCUT2D eigenvalue weighted by atomic mass is 10.2. The first-order valence-electron chi connectivity index (χ1n) is 5.60. The fourth-order valence-corrected chi connectivity index (χ4v) is 3.12. The van der Waals surface area contributed by atoms with E-state index in [0.29, 0.717) is 16.6 Å². The van der Waals surface area contributed by atoms with Crippen LogP contribution in [0.3, 0.4) is 0 Å². The molecule has 1 aromatic rings. The van der Waals surface area contributed by atoms with Crippen LogP contribution in [0, 0.1) is 0 Å². The third-order valence-electron chi connectivity index (χ3n) is 3.07. The van der Waals surface area contributed by atoms with E-state index >= 15 is 0 Å². The van der Waals surface area contributed by atoms with Crippen molar-refractivity contribution in [3.63, 3.8) is 0 Å². The molecule has 1 amide bonds. The van der Waals surface area contributed by atoms with Crippen LogP contribution >= 0.6 is 11.3 Å².